The maximum atomic E-state index is 12.0. The second-order valence-corrected chi connectivity index (χ2v) is 4.35. The van der Waals surface area contributed by atoms with Crippen molar-refractivity contribution in [3.05, 3.63) is 29.8 Å². The van der Waals surface area contributed by atoms with Gasteiger partial charge in [-0.2, -0.15) is 0 Å². The maximum Gasteiger partial charge on any atom is 0.573 e. The number of hydrogen-bond donors (Lipinski definition) is 1. The molecule has 0 unspecified atom stereocenters. The Bertz CT molecular complexity index is 454. The van der Waals surface area contributed by atoms with Crippen LogP contribution in [0.25, 0.3) is 0 Å². The zero-order valence-electron chi connectivity index (χ0n) is 12.2. The highest BCUT2D eigenvalue weighted by atomic mass is 19.4. The number of benzene rings is 1. The number of nitrogens with two attached hydrogens (primary N) is 1. The Morgan fingerprint density at radius 1 is 1.19 bits per heavy atom. The van der Waals surface area contributed by atoms with E-state index >= 15 is 0 Å². The molecule has 0 radical (unpaired) electrons. The number of hydrogen-bond acceptors (Lipinski definition) is 2. The van der Waals surface area contributed by atoms with Crippen molar-refractivity contribution in [2.45, 2.75) is 26.6 Å². The third kappa shape index (κ3) is 6.37. The first-order valence-electron chi connectivity index (χ1n) is 6.75. The van der Waals surface area contributed by atoms with E-state index in [1.165, 1.54) is 12.1 Å². The van der Waals surface area contributed by atoms with Crippen molar-refractivity contribution < 1.29 is 17.9 Å². The van der Waals surface area contributed by atoms with Crippen molar-refractivity contribution in [2.24, 2.45) is 10.7 Å². The number of rotatable bonds is 6. The Kier molecular flexibility index (Phi) is 6.33. The van der Waals surface area contributed by atoms with Crippen LogP contribution in [0.4, 0.5) is 13.2 Å². The van der Waals surface area contributed by atoms with Gasteiger partial charge in [0.1, 0.15) is 5.75 Å². The highest BCUT2D eigenvalue weighted by molar-refractivity contribution is 5.77. The molecule has 0 saturated carbocycles. The molecule has 0 spiro atoms. The molecule has 1 aromatic rings. The Balaban J connectivity index is 2.51. The van der Waals surface area contributed by atoms with Gasteiger partial charge in [0.05, 0.1) is 0 Å². The number of alkyl halides is 3. The van der Waals surface area contributed by atoms with Gasteiger partial charge in [-0.25, -0.2) is 0 Å². The molecular formula is C14H20F3N3O. The van der Waals surface area contributed by atoms with Crippen LogP contribution >= 0.6 is 0 Å². The van der Waals surface area contributed by atoms with Gasteiger partial charge in [-0.1, -0.05) is 12.1 Å². The molecule has 1 aromatic carbocycles. The quantitative estimate of drug-likeness (QED) is 0.649. The van der Waals surface area contributed by atoms with Crippen molar-refractivity contribution >= 4 is 5.96 Å². The van der Waals surface area contributed by atoms with Crippen LogP contribution in [0.1, 0.15) is 19.4 Å². The van der Waals surface area contributed by atoms with Gasteiger partial charge >= 0.3 is 6.36 Å². The average Bonchev–Trinajstić information content (AvgIpc) is 2.40. The van der Waals surface area contributed by atoms with Crippen LogP contribution < -0.4 is 10.5 Å². The molecule has 0 heterocycles. The molecule has 0 amide bonds. The van der Waals surface area contributed by atoms with Gasteiger partial charge < -0.3 is 15.4 Å². The molecule has 0 atom stereocenters. The summed E-state index contributed by atoms with van der Waals surface area (Å²) in [5, 5.41) is 0. The monoisotopic (exact) mass is 303 g/mol. The van der Waals surface area contributed by atoms with Crippen molar-refractivity contribution in [3.8, 4) is 5.75 Å². The zero-order chi connectivity index (χ0) is 15.9. The van der Waals surface area contributed by atoms with Gasteiger partial charge in [0.2, 0.25) is 0 Å². The largest absolute Gasteiger partial charge is 0.573 e. The minimum atomic E-state index is -4.66. The molecular weight excluding hydrogens is 283 g/mol. The number of guanidine groups is 1. The molecule has 0 saturated heterocycles. The first-order valence-corrected chi connectivity index (χ1v) is 6.75. The summed E-state index contributed by atoms with van der Waals surface area (Å²) in [4.78, 5) is 6.18. The minimum absolute atomic E-state index is 0.225. The fourth-order valence-electron chi connectivity index (χ4n) is 1.80. The van der Waals surface area contributed by atoms with Gasteiger partial charge in [-0.15, -0.1) is 13.2 Å². The summed E-state index contributed by atoms with van der Waals surface area (Å²) in [5.74, 6) is 0.259. The predicted molar refractivity (Wildman–Crippen MR) is 76.2 cm³/mol. The normalized spacial score (nSPS) is 12.3. The van der Waals surface area contributed by atoms with E-state index in [1.54, 1.807) is 12.1 Å². The Morgan fingerprint density at radius 2 is 1.76 bits per heavy atom. The molecule has 4 nitrogen and oxygen atoms in total. The standard InChI is InChI=1S/C14H20F3N3O/c1-3-20(4-2)13(18)19-10-9-11-5-7-12(8-6-11)21-14(15,16)17/h5-8H,3-4,9-10H2,1-2H3,(H2,18,19). The van der Waals surface area contributed by atoms with Gasteiger partial charge in [-0.3, -0.25) is 4.99 Å². The van der Waals surface area contributed by atoms with E-state index in [0.717, 1.165) is 18.7 Å². The highest BCUT2D eigenvalue weighted by Gasteiger charge is 2.30. The molecule has 2 N–H and O–H groups in total. The zero-order valence-corrected chi connectivity index (χ0v) is 12.2. The first-order chi connectivity index (χ1) is 9.85. The highest BCUT2D eigenvalue weighted by Crippen LogP contribution is 2.22. The van der Waals surface area contributed by atoms with Crippen LogP contribution in [0, 0.1) is 0 Å². The van der Waals surface area contributed by atoms with Crippen LogP contribution in [0.2, 0.25) is 0 Å². The average molecular weight is 303 g/mol. The van der Waals surface area contributed by atoms with Crippen LogP contribution in [0.15, 0.2) is 29.3 Å². The van der Waals surface area contributed by atoms with Gasteiger partial charge in [0.15, 0.2) is 5.96 Å². The van der Waals surface area contributed by atoms with Crippen LogP contribution in [-0.2, 0) is 6.42 Å². The predicted octanol–water partition coefficient (Wildman–Crippen LogP) is 2.78. The third-order valence-corrected chi connectivity index (χ3v) is 2.92. The molecule has 21 heavy (non-hydrogen) atoms. The van der Waals surface area contributed by atoms with Crippen molar-refractivity contribution in [3.63, 3.8) is 0 Å². The lowest BCUT2D eigenvalue weighted by molar-refractivity contribution is -0.274. The number of aliphatic imine (C=N–C) groups is 1. The topological polar surface area (TPSA) is 50.8 Å². The summed E-state index contributed by atoms with van der Waals surface area (Å²) in [6.07, 6.45) is -4.06. The van der Waals surface area contributed by atoms with E-state index in [9.17, 15) is 13.2 Å². The summed E-state index contributed by atoms with van der Waals surface area (Å²) >= 11 is 0. The molecule has 0 aliphatic rings. The Morgan fingerprint density at radius 3 is 2.24 bits per heavy atom. The van der Waals surface area contributed by atoms with E-state index in [-0.39, 0.29) is 5.75 Å². The second-order valence-electron chi connectivity index (χ2n) is 4.35. The third-order valence-electron chi connectivity index (χ3n) is 2.92. The summed E-state index contributed by atoms with van der Waals surface area (Å²) < 4.78 is 39.9. The van der Waals surface area contributed by atoms with Gasteiger partial charge in [0, 0.05) is 19.6 Å². The molecule has 0 fully saturated rings. The summed E-state index contributed by atoms with van der Waals surface area (Å²) in [7, 11) is 0. The van der Waals surface area contributed by atoms with E-state index in [4.69, 9.17) is 5.73 Å². The molecule has 0 aliphatic heterocycles. The molecule has 118 valence electrons. The van der Waals surface area contributed by atoms with Crippen LogP contribution in [-0.4, -0.2) is 36.9 Å². The SMILES string of the molecule is CCN(CC)C(N)=NCCc1ccc(OC(F)(F)F)cc1. The van der Waals surface area contributed by atoms with Crippen LogP contribution in [0.5, 0.6) is 5.75 Å². The molecule has 0 aliphatic carbocycles. The van der Waals surface area contributed by atoms with Crippen LogP contribution in [0.3, 0.4) is 0 Å². The number of ether oxygens (including phenoxy) is 1. The lowest BCUT2D eigenvalue weighted by Crippen LogP contribution is -2.37. The molecule has 0 aromatic heterocycles. The fourth-order valence-corrected chi connectivity index (χ4v) is 1.80. The smallest absolute Gasteiger partial charge is 0.406 e. The van der Waals surface area contributed by atoms with E-state index < -0.39 is 6.36 Å². The second kappa shape index (κ2) is 7.75. The summed E-state index contributed by atoms with van der Waals surface area (Å²) in [6.45, 7) is 6.04. The molecule has 7 heteroatoms. The summed E-state index contributed by atoms with van der Waals surface area (Å²) in [6, 6.07) is 5.76. The Labute approximate surface area is 122 Å². The number of nitrogens with zero attached hydrogens (tertiary/aromatic N) is 2. The fraction of sp³-hybridized carbons (Fsp3) is 0.500. The minimum Gasteiger partial charge on any atom is -0.406 e. The lowest BCUT2D eigenvalue weighted by Gasteiger charge is -2.19. The van der Waals surface area contributed by atoms with Gasteiger partial charge in [0.25, 0.3) is 0 Å². The first kappa shape index (κ1) is 17.1. The van der Waals surface area contributed by atoms with Gasteiger partial charge in [-0.05, 0) is 38.0 Å². The lowest BCUT2D eigenvalue weighted by atomic mass is 10.1. The van der Waals surface area contributed by atoms with E-state index in [2.05, 4.69) is 9.73 Å². The maximum absolute atomic E-state index is 12.0. The Hall–Kier alpha value is -1.92. The summed E-state index contributed by atoms with van der Waals surface area (Å²) in [5.41, 5.74) is 6.70. The molecule has 0 bridgehead atoms. The molecule has 1 rings (SSSR count). The van der Waals surface area contributed by atoms with E-state index in [1.807, 2.05) is 18.7 Å². The number of halogens is 3. The van der Waals surface area contributed by atoms with Crippen molar-refractivity contribution in [1.82, 2.24) is 4.90 Å². The van der Waals surface area contributed by atoms with Crippen molar-refractivity contribution in [2.75, 3.05) is 19.6 Å². The van der Waals surface area contributed by atoms with E-state index in [0.29, 0.717) is 18.9 Å². The van der Waals surface area contributed by atoms with Crippen molar-refractivity contribution in [1.29, 1.82) is 0 Å².